The minimum absolute atomic E-state index is 0.194. The number of hydrogen-bond acceptors (Lipinski definition) is 2. The fraction of sp³-hybridized carbons (Fsp3) is 0.118. The van der Waals surface area contributed by atoms with Crippen LogP contribution in [0.2, 0.25) is 0 Å². The van der Waals surface area contributed by atoms with Gasteiger partial charge in [0.15, 0.2) is 0 Å². The van der Waals surface area contributed by atoms with Gasteiger partial charge in [0.25, 0.3) is 0 Å². The number of methoxy groups -OCH3 is 1. The number of benzene rings is 2. The predicted molar refractivity (Wildman–Crippen MR) is 78.7 cm³/mol. The second kappa shape index (κ2) is 5.53. The van der Waals surface area contributed by atoms with Crippen LogP contribution in [0.25, 0.3) is 22.0 Å². The van der Waals surface area contributed by atoms with E-state index in [4.69, 9.17) is 4.74 Å². The number of halogens is 4. The summed E-state index contributed by atoms with van der Waals surface area (Å²) in [5, 5.41) is 0.504. The van der Waals surface area contributed by atoms with Crippen LogP contribution in [-0.4, -0.2) is 12.1 Å². The number of hydrogen-bond donors (Lipinski definition) is 0. The number of aromatic nitrogens is 1. The Morgan fingerprint density at radius 3 is 2.26 bits per heavy atom. The second-order valence-corrected chi connectivity index (χ2v) is 4.94. The fourth-order valence-electron chi connectivity index (χ4n) is 2.35. The van der Waals surface area contributed by atoms with Crippen LogP contribution in [0.5, 0.6) is 5.75 Å². The zero-order valence-corrected chi connectivity index (χ0v) is 12.0. The first-order valence-electron chi connectivity index (χ1n) is 6.70. The molecule has 0 saturated heterocycles. The molecule has 23 heavy (non-hydrogen) atoms. The van der Waals surface area contributed by atoms with Crippen molar-refractivity contribution in [3.63, 3.8) is 0 Å². The summed E-state index contributed by atoms with van der Waals surface area (Å²) in [4.78, 5) is 3.67. The van der Waals surface area contributed by atoms with Crippen molar-refractivity contribution in [3.05, 3.63) is 60.0 Å². The van der Waals surface area contributed by atoms with Crippen LogP contribution < -0.4 is 4.74 Å². The molecule has 0 aliphatic carbocycles. The third-order valence-electron chi connectivity index (χ3n) is 3.46. The van der Waals surface area contributed by atoms with E-state index >= 15 is 0 Å². The van der Waals surface area contributed by atoms with Crippen molar-refractivity contribution in [2.75, 3.05) is 7.11 Å². The van der Waals surface area contributed by atoms with Crippen molar-refractivity contribution in [2.45, 2.75) is 6.18 Å². The van der Waals surface area contributed by atoms with Crippen molar-refractivity contribution in [1.29, 1.82) is 0 Å². The third kappa shape index (κ3) is 2.97. The van der Waals surface area contributed by atoms with E-state index in [1.165, 1.54) is 37.4 Å². The highest BCUT2D eigenvalue weighted by Crippen LogP contribution is 2.36. The summed E-state index contributed by atoms with van der Waals surface area (Å²) in [6.07, 6.45) is -4.57. The van der Waals surface area contributed by atoms with Crippen molar-refractivity contribution in [3.8, 4) is 16.9 Å². The Kier molecular flexibility index (Phi) is 3.67. The quantitative estimate of drug-likeness (QED) is 0.615. The first-order valence-corrected chi connectivity index (χ1v) is 6.70. The third-order valence-corrected chi connectivity index (χ3v) is 3.46. The summed E-state index contributed by atoms with van der Waals surface area (Å²) in [5.74, 6) is 0.0446. The number of pyridine rings is 1. The van der Waals surface area contributed by atoms with Crippen molar-refractivity contribution in [1.82, 2.24) is 4.98 Å². The van der Waals surface area contributed by atoms with Gasteiger partial charge in [-0.05, 0) is 47.5 Å². The van der Waals surface area contributed by atoms with Gasteiger partial charge in [0.2, 0.25) is 0 Å². The monoisotopic (exact) mass is 321 g/mol. The first kappa shape index (κ1) is 15.3. The van der Waals surface area contributed by atoms with Gasteiger partial charge in [-0.15, -0.1) is 0 Å². The number of fused-ring (bicyclic) bond motifs is 1. The maximum Gasteiger partial charge on any atom is 0.433 e. The molecule has 1 heterocycles. The fourth-order valence-corrected chi connectivity index (χ4v) is 2.35. The highest BCUT2D eigenvalue weighted by Gasteiger charge is 2.33. The van der Waals surface area contributed by atoms with Gasteiger partial charge in [0, 0.05) is 5.39 Å². The lowest BCUT2D eigenvalue weighted by molar-refractivity contribution is -0.140. The SMILES string of the molecule is COc1ccc2nc(C(F)(F)F)cc(-c3ccc(F)cc3)c2c1. The molecule has 0 N–H and O–H groups in total. The molecule has 3 rings (SSSR count). The minimum Gasteiger partial charge on any atom is -0.497 e. The van der Waals surface area contributed by atoms with Crippen molar-refractivity contribution >= 4 is 10.9 Å². The largest absolute Gasteiger partial charge is 0.497 e. The van der Waals surface area contributed by atoms with E-state index in [1.807, 2.05) is 0 Å². The highest BCUT2D eigenvalue weighted by molar-refractivity contribution is 5.95. The van der Waals surface area contributed by atoms with Gasteiger partial charge in [-0.25, -0.2) is 9.37 Å². The minimum atomic E-state index is -4.57. The lowest BCUT2D eigenvalue weighted by Gasteiger charge is -2.13. The molecule has 0 bridgehead atoms. The zero-order chi connectivity index (χ0) is 16.6. The molecule has 2 aromatic carbocycles. The zero-order valence-electron chi connectivity index (χ0n) is 12.0. The van der Waals surface area contributed by atoms with Gasteiger partial charge >= 0.3 is 6.18 Å². The van der Waals surface area contributed by atoms with Crippen molar-refractivity contribution in [2.24, 2.45) is 0 Å². The maximum atomic E-state index is 13.1. The van der Waals surface area contributed by atoms with E-state index < -0.39 is 17.7 Å². The Balaban J connectivity index is 2.33. The van der Waals surface area contributed by atoms with Crippen LogP contribution in [0, 0.1) is 5.82 Å². The first-order chi connectivity index (χ1) is 10.9. The molecule has 6 heteroatoms. The van der Waals surface area contributed by atoms with Gasteiger partial charge < -0.3 is 4.74 Å². The summed E-state index contributed by atoms with van der Waals surface area (Å²) < 4.78 is 57.4. The highest BCUT2D eigenvalue weighted by atomic mass is 19.4. The summed E-state index contributed by atoms with van der Waals surface area (Å²) in [6, 6.07) is 10.9. The summed E-state index contributed by atoms with van der Waals surface area (Å²) in [7, 11) is 1.47. The van der Waals surface area contributed by atoms with Gasteiger partial charge in [-0.3, -0.25) is 0 Å². The van der Waals surface area contributed by atoms with Crippen LogP contribution in [0.3, 0.4) is 0 Å². The number of nitrogens with zero attached hydrogens (tertiary/aromatic N) is 1. The molecule has 1 aromatic heterocycles. The van der Waals surface area contributed by atoms with E-state index in [9.17, 15) is 17.6 Å². The van der Waals surface area contributed by atoms with Gasteiger partial charge in [0.05, 0.1) is 12.6 Å². The number of alkyl halides is 3. The molecule has 0 spiro atoms. The summed E-state index contributed by atoms with van der Waals surface area (Å²) >= 11 is 0. The van der Waals surface area contributed by atoms with Gasteiger partial charge in [-0.2, -0.15) is 13.2 Å². The lowest BCUT2D eigenvalue weighted by atomic mass is 9.99. The molecule has 0 aliphatic heterocycles. The molecule has 0 aliphatic rings. The molecular weight excluding hydrogens is 310 g/mol. The van der Waals surface area contributed by atoms with Crippen LogP contribution in [-0.2, 0) is 6.18 Å². The Morgan fingerprint density at radius 1 is 0.957 bits per heavy atom. The topological polar surface area (TPSA) is 22.1 Å². The van der Waals surface area contributed by atoms with Crippen LogP contribution in [0.1, 0.15) is 5.69 Å². The van der Waals surface area contributed by atoms with E-state index in [0.29, 0.717) is 22.3 Å². The second-order valence-electron chi connectivity index (χ2n) is 4.94. The predicted octanol–water partition coefficient (Wildman–Crippen LogP) is 5.07. The summed E-state index contributed by atoms with van der Waals surface area (Å²) in [5.41, 5.74) is -0.00628. The standard InChI is InChI=1S/C17H11F4NO/c1-23-12-6-7-15-14(8-12)13(9-16(22-15)17(19,20)21)10-2-4-11(18)5-3-10/h2-9H,1H3. The average molecular weight is 321 g/mol. The number of ether oxygens (including phenoxy) is 1. The van der Waals surface area contributed by atoms with Crippen LogP contribution in [0.15, 0.2) is 48.5 Å². The molecular formula is C17H11F4NO. The van der Waals surface area contributed by atoms with Gasteiger partial charge in [0.1, 0.15) is 17.3 Å². The summed E-state index contributed by atoms with van der Waals surface area (Å²) in [6.45, 7) is 0. The molecule has 0 atom stereocenters. The average Bonchev–Trinajstić information content (AvgIpc) is 2.53. The lowest BCUT2D eigenvalue weighted by Crippen LogP contribution is -2.08. The number of rotatable bonds is 2. The Morgan fingerprint density at radius 2 is 1.65 bits per heavy atom. The van der Waals surface area contributed by atoms with Crippen LogP contribution in [0.4, 0.5) is 17.6 Å². The molecule has 2 nitrogen and oxygen atoms in total. The van der Waals surface area contributed by atoms with E-state index in [-0.39, 0.29) is 5.52 Å². The molecule has 118 valence electrons. The van der Waals surface area contributed by atoms with Crippen LogP contribution >= 0.6 is 0 Å². The Bertz CT molecular complexity index is 857. The smallest absolute Gasteiger partial charge is 0.433 e. The Labute approximate surface area is 129 Å². The molecule has 0 amide bonds. The molecule has 3 aromatic rings. The Hall–Kier alpha value is -2.63. The molecule has 0 radical (unpaired) electrons. The normalized spacial score (nSPS) is 11.7. The molecule has 0 fully saturated rings. The van der Waals surface area contributed by atoms with Gasteiger partial charge in [-0.1, -0.05) is 12.1 Å². The van der Waals surface area contributed by atoms with E-state index in [0.717, 1.165) is 6.07 Å². The molecule has 0 saturated carbocycles. The molecule has 0 unspecified atom stereocenters. The maximum absolute atomic E-state index is 13.1. The van der Waals surface area contributed by atoms with E-state index in [2.05, 4.69) is 4.98 Å². The van der Waals surface area contributed by atoms with Crippen molar-refractivity contribution < 1.29 is 22.3 Å². The van der Waals surface area contributed by atoms with E-state index in [1.54, 1.807) is 12.1 Å².